The van der Waals surface area contributed by atoms with E-state index in [9.17, 15) is 8.42 Å². The van der Waals surface area contributed by atoms with Crippen LogP contribution >= 0.6 is 11.6 Å². The fourth-order valence-corrected chi connectivity index (χ4v) is 5.02. The van der Waals surface area contributed by atoms with E-state index in [0.29, 0.717) is 30.4 Å². The average Bonchev–Trinajstić information content (AvgIpc) is 2.58. The quantitative estimate of drug-likeness (QED) is 0.881. The molecule has 0 radical (unpaired) electrons. The molecule has 2 aromatic rings. The first-order valence-corrected chi connectivity index (χ1v) is 10.2. The van der Waals surface area contributed by atoms with E-state index in [0.717, 1.165) is 6.42 Å². The maximum atomic E-state index is 11.9. The predicted octanol–water partition coefficient (Wildman–Crippen LogP) is 3.08. The van der Waals surface area contributed by atoms with Crippen LogP contribution in [0.4, 0.5) is 5.82 Å². The van der Waals surface area contributed by atoms with Crippen molar-refractivity contribution >= 4 is 27.3 Å². The van der Waals surface area contributed by atoms with Crippen LogP contribution in [0.15, 0.2) is 42.7 Å². The Morgan fingerprint density at radius 1 is 1.12 bits per heavy atom. The van der Waals surface area contributed by atoms with Crippen LogP contribution in [0.3, 0.4) is 0 Å². The van der Waals surface area contributed by atoms with E-state index in [1.165, 1.54) is 11.8 Å². The molecule has 1 N–H and O–H groups in total. The van der Waals surface area contributed by atoms with Gasteiger partial charge in [-0.15, -0.1) is 0 Å². The molecule has 1 fully saturated rings. The zero-order valence-corrected chi connectivity index (χ0v) is 14.9. The second-order valence-corrected chi connectivity index (χ2v) is 8.89. The van der Waals surface area contributed by atoms with Crippen LogP contribution in [0.5, 0.6) is 0 Å². The molecule has 3 rings (SSSR count). The largest absolute Gasteiger partial charge is 0.369 e. The molecule has 1 aliphatic rings. The van der Waals surface area contributed by atoms with Crippen LogP contribution in [0.2, 0.25) is 5.15 Å². The molecule has 5 nitrogen and oxygen atoms in total. The number of nitrogens with one attached hydrogen (secondary N) is 1. The average molecular weight is 366 g/mol. The smallest absolute Gasteiger partial charge is 0.150 e. The fourth-order valence-electron chi connectivity index (χ4n) is 3.26. The molecule has 1 aromatic carbocycles. The summed E-state index contributed by atoms with van der Waals surface area (Å²) in [5.74, 6) is 1.13. The third kappa shape index (κ3) is 4.05. The molecule has 128 valence electrons. The monoisotopic (exact) mass is 365 g/mol. The number of aromatic nitrogens is 2. The highest BCUT2D eigenvalue weighted by Crippen LogP contribution is 2.39. The van der Waals surface area contributed by atoms with Crippen molar-refractivity contribution < 1.29 is 8.42 Å². The van der Waals surface area contributed by atoms with Gasteiger partial charge in [-0.1, -0.05) is 41.9 Å². The van der Waals surface area contributed by atoms with Crippen molar-refractivity contribution in [2.45, 2.75) is 24.7 Å². The van der Waals surface area contributed by atoms with Gasteiger partial charge in [0.15, 0.2) is 0 Å². The summed E-state index contributed by atoms with van der Waals surface area (Å²) < 4.78 is 23.7. The number of halogens is 1. The van der Waals surface area contributed by atoms with E-state index in [1.807, 2.05) is 18.2 Å². The van der Waals surface area contributed by atoms with Crippen LogP contribution < -0.4 is 5.32 Å². The first-order chi connectivity index (χ1) is 11.5. The Morgan fingerprint density at radius 3 is 2.50 bits per heavy atom. The number of hydrogen-bond acceptors (Lipinski definition) is 5. The fraction of sp³-hybridized carbons (Fsp3) is 0.412. The topological polar surface area (TPSA) is 72.0 Å². The summed E-state index contributed by atoms with van der Waals surface area (Å²) in [4.78, 5) is 8.18. The van der Waals surface area contributed by atoms with Gasteiger partial charge in [0.25, 0.3) is 0 Å². The van der Waals surface area contributed by atoms with Gasteiger partial charge in [-0.25, -0.2) is 13.4 Å². The van der Waals surface area contributed by atoms with Crippen LogP contribution in [-0.4, -0.2) is 36.4 Å². The van der Waals surface area contributed by atoms with Crippen molar-refractivity contribution in [1.82, 2.24) is 9.97 Å². The number of benzene rings is 1. The Kier molecular flexibility index (Phi) is 5.06. The Hall–Kier alpha value is -1.66. The lowest BCUT2D eigenvalue weighted by Gasteiger charge is -2.38. The standard InChI is InChI=1S/C17H20ClN3O2S/c18-15-12-19-13-16(21-15)20-9-6-17(14-4-2-1-3-5-14)7-10-24(22,23)11-8-17/h1-5,12-13H,6-11H2,(H,20,21). The highest BCUT2D eigenvalue weighted by Gasteiger charge is 2.38. The van der Waals surface area contributed by atoms with E-state index in [4.69, 9.17) is 11.6 Å². The van der Waals surface area contributed by atoms with E-state index in [1.54, 1.807) is 6.20 Å². The van der Waals surface area contributed by atoms with Gasteiger partial charge < -0.3 is 5.32 Å². The van der Waals surface area contributed by atoms with Gasteiger partial charge in [0, 0.05) is 6.54 Å². The third-order valence-electron chi connectivity index (χ3n) is 4.68. The summed E-state index contributed by atoms with van der Waals surface area (Å²) in [6, 6.07) is 10.2. The first kappa shape index (κ1) is 17.2. The minimum atomic E-state index is -2.90. The summed E-state index contributed by atoms with van der Waals surface area (Å²) in [5.41, 5.74) is 1.09. The molecular formula is C17H20ClN3O2S. The molecule has 0 saturated carbocycles. The molecular weight excluding hydrogens is 346 g/mol. The summed E-state index contributed by atoms with van der Waals surface area (Å²) >= 11 is 5.85. The second kappa shape index (κ2) is 7.07. The van der Waals surface area contributed by atoms with Gasteiger partial charge in [-0.05, 0) is 30.2 Å². The zero-order valence-electron chi connectivity index (χ0n) is 13.3. The molecule has 1 aromatic heterocycles. The van der Waals surface area contributed by atoms with E-state index < -0.39 is 9.84 Å². The van der Waals surface area contributed by atoms with Crippen molar-refractivity contribution in [1.29, 1.82) is 0 Å². The molecule has 0 aliphatic carbocycles. The summed E-state index contributed by atoms with van der Waals surface area (Å²) in [6.45, 7) is 0.684. The maximum absolute atomic E-state index is 11.9. The Balaban J connectivity index is 1.74. The van der Waals surface area contributed by atoms with Crippen molar-refractivity contribution in [2.24, 2.45) is 0 Å². The van der Waals surface area contributed by atoms with Crippen LogP contribution in [0, 0.1) is 0 Å². The Morgan fingerprint density at radius 2 is 1.83 bits per heavy atom. The summed E-state index contributed by atoms with van der Waals surface area (Å²) in [6.07, 6.45) is 5.27. The van der Waals surface area contributed by atoms with Crippen molar-refractivity contribution in [2.75, 3.05) is 23.4 Å². The SMILES string of the molecule is O=S1(=O)CCC(CCNc2cncc(Cl)n2)(c2ccccc2)CC1. The van der Waals surface area contributed by atoms with Gasteiger partial charge in [0.05, 0.1) is 23.9 Å². The Labute approximate surface area is 147 Å². The van der Waals surface area contributed by atoms with Crippen molar-refractivity contribution in [3.63, 3.8) is 0 Å². The number of hydrogen-bond donors (Lipinski definition) is 1. The zero-order chi connectivity index (χ0) is 17.0. The lowest BCUT2D eigenvalue weighted by Crippen LogP contribution is -2.38. The van der Waals surface area contributed by atoms with E-state index >= 15 is 0 Å². The molecule has 0 spiro atoms. The minimum absolute atomic E-state index is 0.119. The molecule has 2 heterocycles. The van der Waals surface area contributed by atoms with Crippen molar-refractivity contribution in [3.8, 4) is 0 Å². The number of anilines is 1. The van der Waals surface area contributed by atoms with Crippen LogP contribution in [0.1, 0.15) is 24.8 Å². The van der Waals surface area contributed by atoms with Crippen LogP contribution in [-0.2, 0) is 15.3 Å². The van der Waals surface area contributed by atoms with Crippen molar-refractivity contribution in [3.05, 3.63) is 53.4 Å². The molecule has 7 heteroatoms. The molecule has 0 unspecified atom stereocenters. The van der Waals surface area contributed by atoms with Gasteiger partial charge in [-0.3, -0.25) is 4.98 Å². The lowest BCUT2D eigenvalue weighted by molar-refractivity contribution is 0.362. The number of rotatable bonds is 5. The molecule has 1 saturated heterocycles. The molecule has 1 aliphatic heterocycles. The highest BCUT2D eigenvalue weighted by atomic mass is 35.5. The molecule has 0 amide bonds. The molecule has 24 heavy (non-hydrogen) atoms. The van der Waals surface area contributed by atoms with Gasteiger partial charge in [-0.2, -0.15) is 0 Å². The molecule has 0 atom stereocenters. The third-order valence-corrected chi connectivity index (χ3v) is 6.52. The predicted molar refractivity (Wildman–Crippen MR) is 96.2 cm³/mol. The van der Waals surface area contributed by atoms with E-state index in [-0.39, 0.29) is 16.9 Å². The number of nitrogens with zero attached hydrogens (tertiary/aromatic N) is 2. The normalized spacial score (nSPS) is 18.9. The summed E-state index contributed by atoms with van der Waals surface area (Å²) in [7, 11) is -2.90. The highest BCUT2D eigenvalue weighted by molar-refractivity contribution is 7.91. The second-order valence-electron chi connectivity index (χ2n) is 6.20. The van der Waals surface area contributed by atoms with Gasteiger partial charge >= 0.3 is 0 Å². The lowest BCUT2D eigenvalue weighted by atomic mass is 9.73. The molecule has 0 bridgehead atoms. The maximum Gasteiger partial charge on any atom is 0.150 e. The Bertz CT molecular complexity index is 782. The minimum Gasteiger partial charge on any atom is -0.369 e. The first-order valence-electron chi connectivity index (χ1n) is 7.97. The van der Waals surface area contributed by atoms with Gasteiger partial charge in [0.2, 0.25) is 0 Å². The van der Waals surface area contributed by atoms with E-state index in [2.05, 4.69) is 27.4 Å². The van der Waals surface area contributed by atoms with Crippen LogP contribution in [0.25, 0.3) is 0 Å². The number of sulfone groups is 1. The summed E-state index contributed by atoms with van der Waals surface area (Å²) in [5, 5.41) is 3.59. The van der Waals surface area contributed by atoms with Gasteiger partial charge in [0.1, 0.15) is 20.8 Å².